The summed E-state index contributed by atoms with van der Waals surface area (Å²) in [4.78, 5) is 39.1. The molecule has 0 radical (unpaired) electrons. The van der Waals surface area contributed by atoms with Crippen LogP contribution in [0.3, 0.4) is 0 Å². The molecule has 2 aromatic heterocycles. The van der Waals surface area contributed by atoms with Crippen LogP contribution in [0.25, 0.3) is 22.2 Å². The molecule has 0 aliphatic rings. The van der Waals surface area contributed by atoms with Crippen molar-refractivity contribution >= 4 is 28.6 Å². The minimum absolute atomic E-state index is 0.0952. The zero-order valence-electron chi connectivity index (χ0n) is 20.0. The maximum Gasteiger partial charge on any atom is 0.336 e. The van der Waals surface area contributed by atoms with Gasteiger partial charge < -0.3 is 19.1 Å². The second-order valence-electron chi connectivity index (χ2n) is 8.28. The van der Waals surface area contributed by atoms with Crippen molar-refractivity contribution in [3.8, 4) is 22.9 Å². The Kier molecular flexibility index (Phi) is 7.05. The molecule has 0 unspecified atom stereocenters. The SMILES string of the molecule is CC(=O)COc1nnc(OCC(C)=O)c2c1nc(C)n2Cc1ccc(-c2ccccc2C(=O)O)cc1. The van der Waals surface area contributed by atoms with Gasteiger partial charge in [0.25, 0.3) is 11.8 Å². The van der Waals surface area contributed by atoms with E-state index in [0.29, 0.717) is 29.0 Å². The van der Waals surface area contributed by atoms with Gasteiger partial charge in [0, 0.05) is 6.54 Å². The van der Waals surface area contributed by atoms with Crippen molar-refractivity contribution in [2.24, 2.45) is 0 Å². The zero-order valence-corrected chi connectivity index (χ0v) is 20.0. The Morgan fingerprint density at radius 2 is 1.50 bits per heavy atom. The van der Waals surface area contributed by atoms with E-state index in [1.807, 2.05) is 28.8 Å². The Bertz CT molecular complexity index is 1460. The van der Waals surface area contributed by atoms with Gasteiger partial charge in [-0.25, -0.2) is 9.78 Å². The molecule has 4 aromatic rings. The molecule has 1 N–H and O–H groups in total. The summed E-state index contributed by atoms with van der Waals surface area (Å²) in [6.07, 6.45) is 0. The van der Waals surface area contributed by atoms with Crippen molar-refractivity contribution in [1.29, 1.82) is 0 Å². The summed E-state index contributed by atoms with van der Waals surface area (Å²) in [7, 11) is 0. The molecule has 0 bridgehead atoms. The predicted molar refractivity (Wildman–Crippen MR) is 130 cm³/mol. The first-order chi connectivity index (χ1) is 17.2. The van der Waals surface area contributed by atoms with Crippen molar-refractivity contribution in [3.05, 3.63) is 65.5 Å². The highest BCUT2D eigenvalue weighted by Crippen LogP contribution is 2.31. The van der Waals surface area contributed by atoms with Crippen LogP contribution in [0.1, 0.15) is 35.6 Å². The number of fused-ring (bicyclic) bond motifs is 1. The number of ketones is 2. The van der Waals surface area contributed by atoms with Crippen LogP contribution in [-0.4, -0.2) is 55.6 Å². The third-order valence-electron chi connectivity index (χ3n) is 5.38. The van der Waals surface area contributed by atoms with Crippen molar-refractivity contribution in [1.82, 2.24) is 19.7 Å². The van der Waals surface area contributed by atoms with Crippen LogP contribution in [-0.2, 0) is 16.1 Å². The van der Waals surface area contributed by atoms with Gasteiger partial charge in [0.05, 0.1) is 5.56 Å². The topological polar surface area (TPSA) is 133 Å². The quantitative estimate of drug-likeness (QED) is 0.356. The van der Waals surface area contributed by atoms with Crippen LogP contribution in [0.4, 0.5) is 0 Å². The van der Waals surface area contributed by atoms with Crippen LogP contribution in [0.5, 0.6) is 11.8 Å². The first-order valence-corrected chi connectivity index (χ1v) is 11.1. The van der Waals surface area contributed by atoms with Crippen LogP contribution < -0.4 is 9.47 Å². The number of ether oxygens (including phenoxy) is 2. The highest BCUT2D eigenvalue weighted by atomic mass is 16.5. The lowest BCUT2D eigenvalue weighted by atomic mass is 9.99. The van der Waals surface area contributed by atoms with E-state index in [1.54, 1.807) is 31.2 Å². The number of carbonyl (C=O) groups is 3. The average Bonchev–Trinajstić information content (AvgIpc) is 3.18. The Balaban J connectivity index is 1.71. The first-order valence-electron chi connectivity index (χ1n) is 11.1. The maximum atomic E-state index is 11.6. The second kappa shape index (κ2) is 10.3. The number of Topliss-reactive ketones (excluding diaryl/α,β-unsaturated/α-hetero) is 2. The largest absolute Gasteiger partial charge is 0.478 e. The first kappa shape index (κ1) is 24.5. The summed E-state index contributed by atoms with van der Waals surface area (Å²) in [5, 5.41) is 17.6. The number of rotatable bonds is 10. The zero-order chi connectivity index (χ0) is 25.8. The molecule has 0 aliphatic heterocycles. The van der Waals surface area contributed by atoms with Crippen molar-refractivity contribution in [2.75, 3.05) is 13.2 Å². The molecule has 2 heterocycles. The third kappa shape index (κ3) is 5.22. The van der Waals surface area contributed by atoms with Gasteiger partial charge in [-0.05, 0) is 43.5 Å². The normalized spacial score (nSPS) is 10.9. The van der Waals surface area contributed by atoms with Gasteiger partial charge in [-0.3, -0.25) is 9.59 Å². The summed E-state index contributed by atoms with van der Waals surface area (Å²) >= 11 is 0. The molecule has 0 saturated carbocycles. The minimum Gasteiger partial charge on any atom is -0.478 e. The Morgan fingerprint density at radius 3 is 2.14 bits per heavy atom. The number of carbonyl (C=O) groups excluding carboxylic acids is 2. The van der Waals surface area contributed by atoms with Crippen LogP contribution in [0, 0.1) is 6.92 Å². The molecule has 0 aliphatic carbocycles. The predicted octanol–water partition coefficient (Wildman–Crippen LogP) is 3.48. The smallest absolute Gasteiger partial charge is 0.336 e. The maximum absolute atomic E-state index is 11.6. The number of aryl methyl sites for hydroxylation is 1. The average molecular weight is 489 g/mol. The monoisotopic (exact) mass is 488 g/mol. The van der Waals surface area contributed by atoms with Crippen LogP contribution in [0.2, 0.25) is 0 Å². The molecule has 0 amide bonds. The molecule has 2 aromatic carbocycles. The summed E-state index contributed by atoms with van der Waals surface area (Å²) in [6.45, 7) is 4.64. The lowest BCUT2D eigenvalue weighted by Gasteiger charge is -2.12. The number of aromatic carboxylic acids is 1. The number of hydrogen-bond acceptors (Lipinski definition) is 8. The molecule has 10 heteroatoms. The van der Waals surface area contributed by atoms with Gasteiger partial charge in [-0.1, -0.05) is 42.5 Å². The summed E-state index contributed by atoms with van der Waals surface area (Å²) in [5.74, 6) is -0.497. The second-order valence-corrected chi connectivity index (χ2v) is 8.28. The molecule has 184 valence electrons. The fraction of sp³-hybridized carbons (Fsp3) is 0.231. The summed E-state index contributed by atoms with van der Waals surface area (Å²) < 4.78 is 13.0. The summed E-state index contributed by atoms with van der Waals surface area (Å²) in [6, 6.07) is 14.4. The third-order valence-corrected chi connectivity index (χ3v) is 5.38. The molecule has 0 fully saturated rings. The van der Waals surface area contributed by atoms with Gasteiger partial charge in [-0.15, -0.1) is 10.2 Å². The highest BCUT2D eigenvalue weighted by molar-refractivity contribution is 5.96. The lowest BCUT2D eigenvalue weighted by Crippen LogP contribution is -2.12. The van der Waals surface area contributed by atoms with E-state index in [-0.39, 0.29) is 42.1 Å². The van der Waals surface area contributed by atoms with Gasteiger partial charge >= 0.3 is 5.97 Å². The van der Waals surface area contributed by atoms with Crippen LogP contribution in [0.15, 0.2) is 48.5 Å². The van der Waals surface area contributed by atoms with E-state index in [9.17, 15) is 19.5 Å². The van der Waals surface area contributed by atoms with Crippen LogP contribution >= 0.6 is 0 Å². The number of aromatic nitrogens is 4. The molecule has 0 atom stereocenters. The molecular weight excluding hydrogens is 464 g/mol. The molecule has 10 nitrogen and oxygen atoms in total. The highest BCUT2D eigenvalue weighted by Gasteiger charge is 2.21. The Morgan fingerprint density at radius 1 is 0.889 bits per heavy atom. The molecule has 0 spiro atoms. The van der Waals surface area contributed by atoms with Gasteiger partial charge in [-0.2, -0.15) is 0 Å². The lowest BCUT2D eigenvalue weighted by molar-refractivity contribution is -0.119. The molecule has 0 saturated heterocycles. The fourth-order valence-electron chi connectivity index (χ4n) is 3.74. The van der Waals surface area contributed by atoms with E-state index >= 15 is 0 Å². The Hall–Kier alpha value is -4.60. The van der Waals surface area contributed by atoms with E-state index < -0.39 is 5.97 Å². The minimum atomic E-state index is -0.989. The van der Waals surface area contributed by atoms with Crippen molar-refractivity contribution in [3.63, 3.8) is 0 Å². The van der Waals surface area contributed by atoms with Crippen molar-refractivity contribution < 1.29 is 29.0 Å². The molecule has 36 heavy (non-hydrogen) atoms. The van der Waals surface area contributed by atoms with E-state index in [0.717, 1.165) is 11.1 Å². The number of carboxylic acid groups (broad SMARTS) is 1. The van der Waals surface area contributed by atoms with Crippen molar-refractivity contribution in [2.45, 2.75) is 27.3 Å². The number of nitrogens with zero attached hydrogens (tertiary/aromatic N) is 4. The van der Waals surface area contributed by atoms with E-state index in [2.05, 4.69) is 15.2 Å². The van der Waals surface area contributed by atoms with E-state index in [4.69, 9.17) is 9.47 Å². The van der Waals surface area contributed by atoms with Gasteiger partial charge in [0.2, 0.25) is 0 Å². The van der Waals surface area contributed by atoms with Gasteiger partial charge in [0.1, 0.15) is 24.6 Å². The summed E-state index contributed by atoms with van der Waals surface area (Å²) in [5.41, 5.74) is 3.40. The molecule has 4 rings (SSSR count). The number of hydrogen-bond donors (Lipinski definition) is 1. The Labute approximate surface area is 206 Å². The van der Waals surface area contributed by atoms with Gasteiger partial charge in [0.15, 0.2) is 17.1 Å². The standard InChI is InChI=1S/C26H24N4O6/c1-15(31)13-35-24-22-23(25(29-28-24)36-14-16(2)32)30(17(3)27-22)12-18-8-10-19(11-9-18)20-6-4-5-7-21(20)26(33)34/h4-11H,12-14H2,1-3H3,(H,33,34). The number of carboxylic acids is 1. The number of benzene rings is 2. The van der Waals surface area contributed by atoms with E-state index in [1.165, 1.54) is 13.8 Å². The number of imidazole rings is 1. The molecular formula is C26H24N4O6. The fourth-order valence-corrected chi connectivity index (χ4v) is 3.74.